The van der Waals surface area contributed by atoms with Crippen LogP contribution in [0, 0.1) is 0 Å². The molecule has 66 valence electrons. The summed E-state index contributed by atoms with van der Waals surface area (Å²) in [5.74, 6) is -0.963. The number of aromatic carboxylic acids is 1. The molecule has 0 aliphatic carbocycles. The number of fused-ring (bicyclic) bond motifs is 1. The second kappa shape index (κ2) is 2.85. The van der Waals surface area contributed by atoms with Crippen LogP contribution in [0.4, 0.5) is 0 Å². The molecule has 0 amide bonds. The average molecular weight is 241 g/mol. The fraction of sp³-hybridized carbons (Fsp3) is 0. The molecule has 0 spiro atoms. The Bertz CT molecular complexity index is 478. The first kappa shape index (κ1) is 8.25. The maximum atomic E-state index is 10.8. The molecule has 0 bridgehead atoms. The number of carbonyl (C=O) groups is 1. The molecule has 0 aromatic carbocycles. The molecule has 0 aliphatic rings. The van der Waals surface area contributed by atoms with E-state index in [1.807, 2.05) is 0 Å². The quantitative estimate of drug-likeness (QED) is 0.828. The van der Waals surface area contributed by atoms with Gasteiger partial charge in [0.05, 0.1) is 18.0 Å². The van der Waals surface area contributed by atoms with Gasteiger partial charge in [-0.2, -0.15) is 0 Å². The highest BCUT2D eigenvalue weighted by Gasteiger charge is 2.09. The van der Waals surface area contributed by atoms with Crippen molar-refractivity contribution in [2.24, 2.45) is 0 Å². The van der Waals surface area contributed by atoms with E-state index in [1.165, 1.54) is 16.8 Å². The number of aromatic nitrogens is 2. The van der Waals surface area contributed by atoms with Crippen molar-refractivity contribution in [1.82, 2.24) is 9.38 Å². The Morgan fingerprint density at radius 3 is 3.00 bits per heavy atom. The van der Waals surface area contributed by atoms with Crippen LogP contribution in [-0.4, -0.2) is 20.5 Å². The monoisotopic (exact) mass is 240 g/mol. The largest absolute Gasteiger partial charge is 0.477 e. The van der Waals surface area contributed by atoms with Crippen molar-refractivity contribution in [2.75, 3.05) is 0 Å². The van der Waals surface area contributed by atoms with Crippen molar-refractivity contribution in [3.05, 3.63) is 34.8 Å². The van der Waals surface area contributed by atoms with Crippen LogP contribution in [-0.2, 0) is 0 Å². The molecule has 2 heterocycles. The van der Waals surface area contributed by atoms with E-state index in [2.05, 4.69) is 20.9 Å². The van der Waals surface area contributed by atoms with E-state index in [1.54, 1.807) is 12.3 Å². The minimum atomic E-state index is -0.963. The molecular formula is C8H5BrN2O2. The molecule has 0 radical (unpaired) electrons. The average Bonchev–Trinajstić information content (AvgIpc) is 2.53. The maximum absolute atomic E-state index is 10.8. The molecule has 5 heteroatoms. The number of halogens is 1. The third-order valence-electron chi connectivity index (χ3n) is 1.75. The molecule has 0 fully saturated rings. The van der Waals surface area contributed by atoms with Gasteiger partial charge in [0.15, 0.2) is 0 Å². The van der Waals surface area contributed by atoms with Gasteiger partial charge < -0.3 is 5.11 Å². The molecular weight excluding hydrogens is 236 g/mol. The summed E-state index contributed by atoms with van der Waals surface area (Å²) >= 11 is 3.31. The number of carboxylic acids is 1. The minimum absolute atomic E-state index is 0.204. The molecule has 1 N–H and O–H groups in total. The summed E-state index contributed by atoms with van der Waals surface area (Å²) in [6.45, 7) is 0. The van der Waals surface area contributed by atoms with E-state index in [0.29, 0.717) is 0 Å². The fourth-order valence-electron chi connectivity index (χ4n) is 1.16. The van der Waals surface area contributed by atoms with Gasteiger partial charge >= 0.3 is 5.97 Å². The standard InChI is InChI=1S/C8H5BrN2O2/c9-5-1-2-6(8(12)13)11-4-10-3-7(5)11/h1-4H,(H,12,13). The summed E-state index contributed by atoms with van der Waals surface area (Å²) in [6, 6.07) is 3.22. The van der Waals surface area contributed by atoms with Crippen LogP contribution in [0.2, 0.25) is 0 Å². The first-order valence-electron chi connectivity index (χ1n) is 3.54. The van der Waals surface area contributed by atoms with Crippen LogP contribution in [0.3, 0.4) is 0 Å². The first-order valence-corrected chi connectivity index (χ1v) is 4.33. The lowest BCUT2D eigenvalue weighted by molar-refractivity contribution is 0.0689. The maximum Gasteiger partial charge on any atom is 0.352 e. The van der Waals surface area contributed by atoms with Gasteiger partial charge in [0.2, 0.25) is 0 Å². The second-order valence-electron chi connectivity index (χ2n) is 2.52. The first-order chi connectivity index (χ1) is 6.20. The highest BCUT2D eigenvalue weighted by atomic mass is 79.9. The Balaban J connectivity index is 2.86. The molecule has 13 heavy (non-hydrogen) atoms. The summed E-state index contributed by atoms with van der Waals surface area (Å²) in [5.41, 5.74) is 0.954. The smallest absolute Gasteiger partial charge is 0.352 e. The van der Waals surface area contributed by atoms with Crippen LogP contribution in [0.15, 0.2) is 29.1 Å². The van der Waals surface area contributed by atoms with Gasteiger partial charge in [0.1, 0.15) is 5.69 Å². The number of rotatable bonds is 1. The van der Waals surface area contributed by atoms with E-state index in [9.17, 15) is 4.79 Å². The Morgan fingerprint density at radius 2 is 2.31 bits per heavy atom. The van der Waals surface area contributed by atoms with Crippen molar-refractivity contribution in [3.8, 4) is 0 Å². The van der Waals surface area contributed by atoms with Crippen molar-refractivity contribution in [2.45, 2.75) is 0 Å². The van der Waals surface area contributed by atoms with Crippen LogP contribution in [0.25, 0.3) is 5.52 Å². The minimum Gasteiger partial charge on any atom is -0.477 e. The molecule has 2 aromatic heterocycles. The molecule has 2 rings (SSSR count). The highest BCUT2D eigenvalue weighted by Crippen LogP contribution is 2.18. The van der Waals surface area contributed by atoms with Gasteiger partial charge in [-0.1, -0.05) is 0 Å². The summed E-state index contributed by atoms with van der Waals surface area (Å²) in [4.78, 5) is 14.6. The Labute approximate surface area is 82.0 Å². The van der Waals surface area contributed by atoms with Gasteiger partial charge in [0.25, 0.3) is 0 Å². The number of carboxylic acid groups (broad SMARTS) is 1. The lowest BCUT2D eigenvalue weighted by Crippen LogP contribution is -2.03. The number of imidazole rings is 1. The zero-order valence-electron chi connectivity index (χ0n) is 6.44. The van der Waals surface area contributed by atoms with Gasteiger partial charge in [-0.15, -0.1) is 0 Å². The number of pyridine rings is 1. The van der Waals surface area contributed by atoms with Gasteiger partial charge in [-0.25, -0.2) is 9.78 Å². The molecule has 0 unspecified atom stereocenters. The van der Waals surface area contributed by atoms with E-state index in [-0.39, 0.29) is 5.69 Å². The predicted octanol–water partition coefficient (Wildman–Crippen LogP) is 1.79. The summed E-state index contributed by atoms with van der Waals surface area (Å²) in [6.07, 6.45) is 3.08. The third kappa shape index (κ3) is 1.21. The third-order valence-corrected chi connectivity index (χ3v) is 2.42. The van der Waals surface area contributed by atoms with E-state index >= 15 is 0 Å². The number of hydrogen-bond acceptors (Lipinski definition) is 2. The summed E-state index contributed by atoms with van der Waals surface area (Å²) in [7, 11) is 0. The van der Waals surface area contributed by atoms with E-state index < -0.39 is 5.97 Å². The molecule has 0 atom stereocenters. The summed E-state index contributed by atoms with van der Waals surface area (Å²) < 4.78 is 2.35. The van der Waals surface area contributed by atoms with Crippen LogP contribution in [0.1, 0.15) is 10.5 Å². The normalized spacial score (nSPS) is 10.5. The number of nitrogens with zero attached hydrogens (tertiary/aromatic N) is 2. The van der Waals surface area contributed by atoms with Crippen molar-refractivity contribution >= 4 is 27.4 Å². The molecule has 4 nitrogen and oxygen atoms in total. The van der Waals surface area contributed by atoms with Crippen LogP contribution < -0.4 is 0 Å². The van der Waals surface area contributed by atoms with E-state index in [0.717, 1.165) is 9.99 Å². The van der Waals surface area contributed by atoms with Gasteiger partial charge in [0, 0.05) is 4.47 Å². The van der Waals surface area contributed by atoms with Crippen LogP contribution >= 0.6 is 15.9 Å². The molecule has 0 saturated heterocycles. The Morgan fingerprint density at radius 1 is 1.54 bits per heavy atom. The van der Waals surface area contributed by atoms with Crippen molar-refractivity contribution in [3.63, 3.8) is 0 Å². The second-order valence-corrected chi connectivity index (χ2v) is 3.37. The van der Waals surface area contributed by atoms with E-state index in [4.69, 9.17) is 5.11 Å². The predicted molar refractivity (Wildman–Crippen MR) is 49.9 cm³/mol. The van der Waals surface area contributed by atoms with Gasteiger partial charge in [-0.3, -0.25) is 4.40 Å². The topological polar surface area (TPSA) is 54.6 Å². The zero-order valence-corrected chi connectivity index (χ0v) is 8.02. The van der Waals surface area contributed by atoms with Crippen LogP contribution in [0.5, 0.6) is 0 Å². The highest BCUT2D eigenvalue weighted by molar-refractivity contribution is 9.10. The van der Waals surface area contributed by atoms with Gasteiger partial charge in [-0.05, 0) is 28.1 Å². The fourth-order valence-corrected chi connectivity index (χ4v) is 1.58. The van der Waals surface area contributed by atoms with Crippen molar-refractivity contribution < 1.29 is 9.90 Å². The molecule has 0 aliphatic heterocycles. The van der Waals surface area contributed by atoms with Crippen molar-refractivity contribution in [1.29, 1.82) is 0 Å². The Kier molecular flexibility index (Phi) is 1.81. The lowest BCUT2D eigenvalue weighted by Gasteiger charge is -2.00. The summed E-state index contributed by atoms with van der Waals surface area (Å²) in [5, 5.41) is 8.83. The molecule has 0 saturated carbocycles. The lowest BCUT2D eigenvalue weighted by atomic mass is 10.3. The Hall–Kier alpha value is -1.36. The SMILES string of the molecule is O=C(O)c1ccc(Br)c2cncn12. The number of hydrogen-bond donors (Lipinski definition) is 1. The zero-order chi connectivity index (χ0) is 9.42. The molecule has 2 aromatic rings.